The summed E-state index contributed by atoms with van der Waals surface area (Å²) in [6.07, 6.45) is 11.1. The van der Waals surface area contributed by atoms with E-state index in [1.807, 2.05) is 53.1 Å². The summed E-state index contributed by atoms with van der Waals surface area (Å²) in [5.41, 5.74) is 11.0. The quantitative estimate of drug-likeness (QED) is 0.332. The van der Waals surface area contributed by atoms with Gasteiger partial charge in [-0.15, -0.1) is 0 Å². The monoisotopic (exact) mass is 497 g/mol. The summed E-state index contributed by atoms with van der Waals surface area (Å²) in [6, 6.07) is 13.7. The Labute approximate surface area is 216 Å². The SMILES string of the molecule is CN=C/C(=C\N)c1ccc(COc2cc(-c3cnc4cc(OCCN5CCCC5)ccn34)ncn2)cc1. The van der Waals surface area contributed by atoms with Crippen molar-refractivity contribution in [1.82, 2.24) is 24.3 Å². The van der Waals surface area contributed by atoms with Gasteiger partial charge >= 0.3 is 0 Å². The number of benzene rings is 1. The highest BCUT2D eigenvalue weighted by Gasteiger charge is 2.12. The first-order valence-electron chi connectivity index (χ1n) is 12.4. The van der Waals surface area contributed by atoms with Gasteiger partial charge in [-0.25, -0.2) is 15.0 Å². The molecule has 2 N–H and O–H groups in total. The van der Waals surface area contributed by atoms with Crippen LogP contribution in [0.2, 0.25) is 0 Å². The molecule has 4 heterocycles. The molecule has 1 fully saturated rings. The van der Waals surface area contributed by atoms with Crippen molar-refractivity contribution >= 4 is 17.4 Å². The van der Waals surface area contributed by atoms with Gasteiger partial charge in [0, 0.05) is 49.9 Å². The van der Waals surface area contributed by atoms with E-state index < -0.39 is 0 Å². The smallest absolute Gasteiger partial charge is 0.217 e. The lowest BCUT2D eigenvalue weighted by atomic mass is 10.1. The van der Waals surface area contributed by atoms with Gasteiger partial charge in [-0.2, -0.15) is 0 Å². The lowest BCUT2D eigenvalue weighted by Crippen LogP contribution is -2.25. The molecule has 5 rings (SSSR count). The molecule has 0 bridgehead atoms. The zero-order chi connectivity index (χ0) is 25.5. The van der Waals surface area contributed by atoms with Gasteiger partial charge < -0.3 is 15.2 Å². The third-order valence-electron chi connectivity index (χ3n) is 6.39. The second-order valence-electron chi connectivity index (χ2n) is 8.87. The minimum absolute atomic E-state index is 0.381. The predicted molar refractivity (Wildman–Crippen MR) is 145 cm³/mol. The van der Waals surface area contributed by atoms with E-state index >= 15 is 0 Å². The van der Waals surface area contributed by atoms with E-state index in [0.717, 1.165) is 46.0 Å². The molecule has 0 radical (unpaired) electrons. The van der Waals surface area contributed by atoms with Gasteiger partial charge in [-0.3, -0.25) is 14.3 Å². The molecule has 1 aliphatic heterocycles. The molecular formula is C28H31N7O2. The van der Waals surface area contributed by atoms with Gasteiger partial charge in [0.05, 0.1) is 17.6 Å². The minimum Gasteiger partial charge on any atom is -0.492 e. The average molecular weight is 498 g/mol. The maximum absolute atomic E-state index is 5.97. The molecule has 0 atom stereocenters. The molecular weight excluding hydrogens is 466 g/mol. The van der Waals surface area contributed by atoms with Crippen LogP contribution < -0.4 is 15.2 Å². The first-order valence-corrected chi connectivity index (χ1v) is 12.4. The molecule has 9 nitrogen and oxygen atoms in total. The lowest BCUT2D eigenvalue weighted by Gasteiger charge is -2.15. The standard InChI is InChI=1S/C28H31N7O2/c1-30-17-23(16-29)22-6-4-21(5-7-22)19-37-28-15-25(32-20-33-28)26-18-31-27-14-24(8-11-35(26)27)36-13-12-34-9-2-3-10-34/h4-8,11,14-18,20H,2-3,9-10,12-13,19,29H2,1H3/b23-16+,30-17?. The van der Waals surface area contributed by atoms with Crippen molar-refractivity contribution in [2.45, 2.75) is 19.4 Å². The number of imidazole rings is 1. The highest BCUT2D eigenvalue weighted by Crippen LogP contribution is 2.24. The van der Waals surface area contributed by atoms with Crippen molar-refractivity contribution in [3.8, 4) is 23.0 Å². The molecule has 3 aromatic heterocycles. The Morgan fingerprint density at radius 3 is 2.68 bits per heavy atom. The minimum atomic E-state index is 0.381. The molecule has 1 aromatic carbocycles. The van der Waals surface area contributed by atoms with Crippen LogP contribution in [0, 0.1) is 0 Å². The number of rotatable bonds is 10. The first kappa shape index (κ1) is 24.5. The summed E-state index contributed by atoms with van der Waals surface area (Å²) < 4.78 is 13.9. The second kappa shape index (κ2) is 11.7. The third-order valence-corrected chi connectivity index (χ3v) is 6.39. The van der Waals surface area contributed by atoms with Crippen molar-refractivity contribution in [3.05, 3.63) is 78.5 Å². The highest BCUT2D eigenvalue weighted by molar-refractivity contribution is 6.09. The number of nitrogens with two attached hydrogens (primary N) is 1. The van der Waals surface area contributed by atoms with Gasteiger partial charge in [0.25, 0.3) is 0 Å². The van der Waals surface area contributed by atoms with Crippen LogP contribution >= 0.6 is 0 Å². The van der Waals surface area contributed by atoms with Gasteiger partial charge in [0.2, 0.25) is 5.88 Å². The molecule has 0 spiro atoms. The largest absolute Gasteiger partial charge is 0.492 e. The normalized spacial score (nSPS) is 14.6. The van der Waals surface area contributed by atoms with Crippen LogP contribution in [-0.4, -0.2) is 63.8 Å². The van der Waals surface area contributed by atoms with E-state index in [1.165, 1.54) is 32.3 Å². The summed E-state index contributed by atoms with van der Waals surface area (Å²) >= 11 is 0. The highest BCUT2D eigenvalue weighted by atomic mass is 16.5. The van der Waals surface area contributed by atoms with Gasteiger partial charge in [-0.05, 0) is 43.1 Å². The predicted octanol–water partition coefficient (Wildman–Crippen LogP) is 3.85. The maximum atomic E-state index is 5.97. The maximum Gasteiger partial charge on any atom is 0.217 e. The Bertz CT molecular complexity index is 1390. The van der Waals surface area contributed by atoms with Crippen molar-refractivity contribution in [1.29, 1.82) is 0 Å². The topological polar surface area (TPSA) is 103 Å². The van der Waals surface area contributed by atoms with Crippen LogP contribution in [0.5, 0.6) is 11.6 Å². The summed E-state index contributed by atoms with van der Waals surface area (Å²) in [4.78, 5) is 19.7. The molecule has 1 aliphatic rings. The summed E-state index contributed by atoms with van der Waals surface area (Å²) in [6.45, 7) is 4.36. The van der Waals surface area contributed by atoms with Crippen LogP contribution in [-0.2, 0) is 6.61 Å². The number of likely N-dealkylation sites (tertiary alicyclic amines) is 1. The summed E-state index contributed by atoms with van der Waals surface area (Å²) in [5, 5.41) is 0. The Morgan fingerprint density at radius 2 is 1.89 bits per heavy atom. The van der Waals surface area contributed by atoms with Crippen molar-refractivity contribution < 1.29 is 9.47 Å². The number of hydrogen-bond acceptors (Lipinski definition) is 8. The lowest BCUT2D eigenvalue weighted by molar-refractivity contribution is 0.238. The van der Waals surface area contributed by atoms with Crippen LogP contribution in [0.3, 0.4) is 0 Å². The van der Waals surface area contributed by atoms with E-state index in [-0.39, 0.29) is 0 Å². The Balaban J connectivity index is 1.23. The van der Waals surface area contributed by atoms with Crippen molar-refractivity contribution in [2.24, 2.45) is 10.7 Å². The molecule has 0 aliphatic carbocycles. The number of hydrogen-bond donors (Lipinski definition) is 1. The fourth-order valence-electron chi connectivity index (χ4n) is 4.40. The van der Waals surface area contributed by atoms with E-state index in [2.05, 4.69) is 24.8 Å². The number of ether oxygens (including phenoxy) is 2. The number of fused-ring (bicyclic) bond motifs is 1. The number of aliphatic imine (C=N–C) groups is 1. The zero-order valence-corrected chi connectivity index (χ0v) is 21.0. The molecule has 1 saturated heterocycles. The molecule has 0 amide bonds. The van der Waals surface area contributed by atoms with Crippen molar-refractivity contribution in [2.75, 3.05) is 33.3 Å². The Hall–Kier alpha value is -4.24. The van der Waals surface area contributed by atoms with E-state index in [4.69, 9.17) is 15.2 Å². The molecule has 37 heavy (non-hydrogen) atoms. The summed E-state index contributed by atoms with van der Waals surface area (Å²) in [7, 11) is 1.72. The first-order chi connectivity index (χ1) is 18.2. The molecule has 4 aromatic rings. The fraction of sp³-hybridized carbons (Fsp3) is 0.286. The molecule has 9 heteroatoms. The Morgan fingerprint density at radius 1 is 1.05 bits per heavy atom. The van der Waals surface area contributed by atoms with Crippen LogP contribution in [0.25, 0.3) is 22.6 Å². The number of allylic oxidation sites excluding steroid dienone is 1. The fourth-order valence-corrected chi connectivity index (χ4v) is 4.40. The Kier molecular flexibility index (Phi) is 7.71. The van der Waals surface area contributed by atoms with E-state index in [9.17, 15) is 0 Å². The second-order valence-corrected chi connectivity index (χ2v) is 8.87. The van der Waals surface area contributed by atoms with Gasteiger partial charge in [-0.1, -0.05) is 24.3 Å². The molecule has 0 unspecified atom stereocenters. The summed E-state index contributed by atoms with van der Waals surface area (Å²) in [5.74, 6) is 1.31. The van der Waals surface area contributed by atoms with Crippen LogP contribution in [0.15, 0.2) is 72.4 Å². The van der Waals surface area contributed by atoms with Crippen molar-refractivity contribution in [3.63, 3.8) is 0 Å². The van der Waals surface area contributed by atoms with Crippen LogP contribution in [0.1, 0.15) is 24.0 Å². The number of aromatic nitrogens is 4. The van der Waals surface area contributed by atoms with Gasteiger partial charge in [0.1, 0.15) is 30.9 Å². The average Bonchev–Trinajstić information content (AvgIpc) is 3.61. The van der Waals surface area contributed by atoms with Gasteiger partial charge in [0.15, 0.2) is 0 Å². The third kappa shape index (κ3) is 5.95. The zero-order valence-electron chi connectivity index (χ0n) is 21.0. The molecule has 190 valence electrons. The van der Waals surface area contributed by atoms with Crippen LogP contribution in [0.4, 0.5) is 0 Å². The number of pyridine rings is 1. The number of nitrogens with zero attached hydrogens (tertiary/aromatic N) is 6. The molecule has 0 saturated carbocycles. The van der Waals surface area contributed by atoms with E-state index in [0.29, 0.717) is 19.1 Å². The van der Waals surface area contributed by atoms with E-state index in [1.54, 1.807) is 25.7 Å².